The maximum absolute atomic E-state index is 12.0. The Morgan fingerprint density at radius 3 is 2.21 bits per heavy atom. The van der Waals surface area contributed by atoms with Crippen molar-refractivity contribution in [1.82, 2.24) is 5.32 Å². The average molecular weight is 284 g/mol. The number of rotatable bonds is 6. The summed E-state index contributed by atoms with van der Waals surface area (Å²) in [6.45, 7) is 3.89. The summed E-state index contributed by atoms with van der Waals surface area (Å²) in [6, 6.07) is 5.86. The number of hydrogen-bond acceptors (Lipinski definition) is 4. The SMILES string of the molecule is CCC(CC)NC(=O)CS(=O)(=O)c1ccc(N)cc1. The Kier molecular flexibility index (Phi) is 5.35. The van der Waals surface area contributed by atoms with Gasteiger partial charge in [0.25, 0.3) is 0 Å². The molecule has 0 saturated heterocycles. The van der Waals surface area contributed by atoms with Gasteiger partial charge in [0.1, 0.15) is 5.75 Å². The van der Waals surface area contributed by atoms with E-state index in [-0.39, 0.29) is 10.9 Å². The van der Waals surface area contributed by atoms with Crippen molar-refractivity contribution >= 4 is 21.4 Å². The lowest BCUT2D eigenvalue weighted by atomic mass is 10.2. The van der Waals surface area contributed by atoms with Crippen LogP contribution in [0, 0.1) is 0 Å². The second-order valence-electron chi connectivity index (χ2n) is 4.41. The maximum Gasteiger partial charge on any atom is 0.235 e. The fourth-order valence-corrected chi connectivity index (χ4v) is 2.84. The fourth-order valence-electron chi connectivity index (χ4n) is 1.69. The Bertz CT molecular complexity index is 519. The van der Waals surface area contributed by atoms with E-state index < -0.39 is 21.5 Å². The van der Waals surface area contributed by atoms with Gasteiger partial charge in [-0.3, -0.25) is 4.79 Å². The summed E-state index contributed by atoms with van der Waals surface area (Å²) in [4.78, 5) is 11.8. The van der Waals surface area contributed by atoms with Gasteiger partial charge in [0.05, 0.1) is 4.90 Å². The van der Waals surface area contributed by atoms with Crippen LogP contribution in [0.4, 0.5) is 5.69 Å². The number of benzene rings is 1. The van der Waals surface area contributed by atoms with E-state index in [4.69, 9.17) is 5.73 Å². The van der Waals surface area contributed by atoms with Crippen molar-refractivity contribution in [3.05, 3.63) is 24.3 Å². The fraction of sp³-hybridized carbons (Fsp3) is 0.462. The molecule has 1 rings (SSSR count). The molecule has 1 aromatic rings. The third kappa shape index (κ3) is 4.55. The van der Waals surface area contributed by atoms with Gasteiger partial charge in [-0.2, -0.15) is 0 Å². The van der Waals surface area contributed by atoms with Crippen LogP contribution in [0.2, 0.25) is 0 Å². The first kappa shape index (κ1) is 15.5. The van der Waals surface area contributed by atoms with E-state index >= 15 is 0 Å². The summed E-state index contributed by atoms with van der Waals surface area (Å²) < 4.78 is 24.0. The molecule has 0 atom stereocenters. The Labute approximate surface area is 114 Å². The van der Waals surface area contributed by atoms with E-state index in [2.05, 4.69) is 5.32 Å². The number of sulfone groups is 1. The summed E-state index contributed by atoms with van der Waals surface area (Å²) >= 11 is 0. The van der Waals surface area contributed by atoms with E-state index in [1.165, 1.54) is 24.3 Å². The monoisotopic (exact) mass is 284 g/mol. The van der Waals surface area contributed by atoms with E-state index in [9.17, 15) is 13.2 Å². The lowest BCUT2D eigenvalue weighted by molar-refractivity contribution is -0.119. The molecule has 0 aliphatic carbocycles. The minimum absolute atomic E-state index is 0.0223. The molecule has 0 bridgehead atoms. The first-order valence-electron chi connectivity index (χ1n) is 6.26. The van der Waals surface area contributed by atoms with Crippen LogP contribution in [0.15, 0.2) is 29.2 Å². The molecule has 3 N–H and O–H groups in total. The number of nitrogen functional groups attached to an aromatic ring is 1. The van der Waals surface area contributed by atoms with Gasteiger partial charge in [0.2, 0.25) is 5.91 Å². The highest BCUT2D eigenvalue weighted by molar-refractivity contribution is 7.92. The van der Waals surface area contributed by atoms with Crippen LogP contribution in [0.25, 0.3) is 0 Å². The lowest BCUT2D eigenvalue weighted by Gasteiger charge is -2.14. The number of anilines is 1. The molecule has 0 radical (unpaired) electrons. The molecule has 0 heterocycles. The summed E-state index contributed by atoms with van der Waals surface area (Å²) in [5, 5.41) is 2.71. The highest BCUT2D eigenvalue weighted by atomic mass is 32.2. The smallest absolute Gasteiger partial charge is 0.235 e. The Morgan fingerprint density at radius 1 is 1.21 bits per heavy atom. The van der Waals surface area contributed by atoms with Crippen LogP contribution in [0.1, 0.15) is 26.7 Å². The van der Waals surface area contributed by atoms with Crippen molar-refractivity contribution in [2.24, 2.45) is 0 Å². The zero-order chi connectivity index (χ0) is 14.5. The summed E-state index contributed by atoms with van der Waals surface area (Å²) in [5.41, 5.74) is 5.99. The van der Waals surface area contributed by atoms with Crippen LogP contribution in [-0.2, 0) is 14.6 Å². The van der Waals surface area contributed by atoms with Crippen LogP contribution in [-0.4, -0.2) is 26.1 Å². The first-order valence-corrected chi connectivity index (χ1v) is 7.92. The molecule has 5 nitrogen and oxygen atoms in total. The highest BCUT2D eigenvalue weighted by Gasteiger charge is 2.20. The maximum atomic E-state index is 12.0. The predicted octanol–water partition coefficient (Wildman–Crippen LogP) is 1.35. The average Bonchev–Trinajstić information content (AvgIpc) is 2.35. The molecule has 6 heteroatoms. The van der Waals surface area contributed by atoms with Gasteiger partial charge in [-0.25, -0.2) is 8.42 Å². The first-order chi connectivity index (χ1) is 8.89. The molecule has 1 aromatic carbocycles. The molecule has 0 spiro atoms. The molecule has 0 aliphatic heterocycles. The van der Waals surface area contributed by atoms with Crippen molar-refractivity contribution in [3.8, 4) is 0 Å². The molecule has 0 unspecified atom stereocenters. The number of amides is 1. The van der Waals surface area contributed by atoms with E-state index in [1.54, 1.807) is 0 Å². The Hall–Kier alpha value is -1.56. The van der Waals surface area contributed by atoms with E-state index in [1.807, 2.05) is 13.8 Å². The lowest BCUT2D eigenvalue weighted by Crippen LogP contribution is -2.37. The second kappa shape index (κ2) is 6.56. The molecule has 0 saturated carbocycles. The third-order valence-electron chi connectivity index (χ3n) is 2.91. The summed E-state index contributed by atoms with van der Waals surface area (Å²) in [5.74, 6) is -1.00. The van der Waals surface area contributed by atoms with Crippen molar-refractivity contribution in [2.75, 3.05) is 11.5 Å². The molecular weight excluding hydrogens is 264 g/mol. The number of carbonyl (C=O) groups is 1. The normalized spacial score (nSPS) is 11.5. The quantitative estimate of drug-likeness (QED) is 0.772. The number of carbonyl (C=O) groups excluding carboxylic acids is 1. The molecule has 0 aliphatic rings. The second-order valence-corrected chi connectivity index (χ2v) is 6.40. The number of nitrogens with two attached hydrogens (primary N) is 1. The zero-order valence-electron chi connectivity index (χ0n) is 11.2. The zero-order valence-corrected chi connectivity index (χ0v) is 12.0. The van der Waals surface area contributed by atoms with Gasteiger partial charge in [0.15, 0.2) is 9.84 Å². The predicted molar refractivity (Wildman–Crippen MR) is 75.4 cm³/mol. The van der Waals surface area contributed by atoms with E-state index in [0.717, 1.165) is 12.8 Å². The molecule has 106 valence electrons. The molecule has 19 heavy (non-hydrogen) atoms. The van der Waals surface area contributed by atoms with Gasteiger partial charge >= 0.3 is 0 Å². The van der Waals surface area contributed by atoms with Gasteiger partial charge in [0, 0.05) is 11.7 Å². The Balaban J connectivity index is 2.74. The topological polar surface area (TPSA) is 89.3 Å². The minimum Gasteiger partial charge on any atom is -0.399 e. The van der Waals surface area contributed by atoms with Gasteiger partial charge < -0.3 is 11.1 Å². The van der Waals surface area contributed by atoms with Crippen molar-refractivity contribution < 1.29 is 13.2 Å². The Morgan fingerprint density at radius 2 is 1.74 bits per heavy atom. The van der Waals surface area contributed by atoms with Gasteiger partial charge in [-0.15, -0.1) is 0 Å². The van der Waals surface area contributed by atoms with Crippen LogP contribution in [0.5, 0.6) is 0 Å². The summed E-state index contributed by atoms with van der Waals surface area (Å²) in [6.07, 6.45) is 1.56. The van der Waals surface area contributed by atoms with Crippen molar-refractivity contribution in [2.45, 2.75) is 37.6 Å². The molecule has 1 amide bonds. The molecule has 0 aromatic heterocycles. The van der Waals surface area contributed by atoms with Crippen LogP contribution < -0.4 is 11.1 Å². The van der Waals surface area contributed by atoms with Crippen molar-refractivity contribution in [3.63, 3.8) is 0 Å². The van der Waals surface area contributed by atoms with Crippen molar-refractivity contribution in [1.29, 1.82) is 0 Å². The highest BCUT2D eigenvalue weighted by Crippen LogP contribution is 2.13. The molecule has 0 fully saturated rings. The number of hydrogen-bond donors (Lipinski definition) is 2. The summed E-state index contributed by atoms with van der Waals surface area (Å²) in [7, 11) is -3.61. The number of nitrogens with one attached hydrogen (secondary N) is 1. The minimum atomic E-state index is -3.61. The van der Waals surface area contributed by atoms with E-state index in [0.29, 0.717) is 5.69 Å². The standard InChI is InChI=1S/C13H20N2O3S/c1-3-11(4-2)15-13(16)9-19(17,18)12-7-5-10(14)6-8-12/h5-8,11H,3-4,9,14H2,1-2H3,(H,15,16). The van der Waals surface area contributed by atoms with Crippen LogP contribution >= 0.6 is 0 Å². The largest absolute Gasteiger partial charge is 0.399 e. The van der Waals surface area contributed by atoms with Gasteiger partial charge in [-0.05, 0) is 37.1 Å². The third-order valence-corrected chi connectivity index (χ3v) is 4.54. The molecular formula is C13H20N2O3S. The van der Waals surface area contributed by atoms with Gasteiger partial charge in [-0.1, -0.05) is 13.8 Å². The van der Waals surface area contributed by atoms with Crippen LogP contribution in [0.3, 0.4) is 0 Å².